The first-order valence-corrected chi connectivity index (χ1v) is 8.37. The highest BCUT2D eigenvalue weighted by Crippen LogP contribution is 2.19. The van der Waals surface area contributed by atoms with Gasteiger partial charge in [-0.25, -0.2) is 9.89 Å². The second-order valence-electron chi connectivity index (χ2n) is 5.66. The number of aromatic nitrogens is 3. The van der Waals surface area contributed by atoms with Gasteiger partial charge in [0.25, 0.3) is 0 Å². The van der Waals surface area contributed by atoms with Crippen LogP contribution < -0.4 is 11.0 Å². The van der Waals surface area contributed by atoms with Gasteiger partial charge in [0.05, 0.1) is 6.07 Å². The third-order valence-corrected chi connectivity index (χ3v) is 4.14. The summed E-state index contributed by atoms with van der Waals surface area (Å²) >= 11 is 1.56. The zero-order valence-corrected chi connectivity index (χ0v) is 14.1. The van der Waals surface area contributed by atoms with E-state index in [0.29, 0.717) is 6.54 Å². The number of nitriles is 1. The van der Waals surface area contributed by atoms with Crippen LogP contribution in [0.15, 0.2) is 9.95 Å². The summed E-state index contributed by atoms with van der Waals surface area (Å²) in [6.45, 7) is 8.72. The van der Waals surface area contributed by atoms with E-state index in [2.05, 4.69) is 21.6 Å². The second kappa shape index (κ2) is 8.25. The Morgan fingerprint density at radius 3 is 2.86 bits per heavy atom. The summed E-state index contributed by atoms with van der Waals surface area (Å²) in [5.41, 5.74) is -0.647. The number of nitrogens with zero attached hydrogens (tertiary/aromatic N) is 3. The number of nitrogens with one attached hydrogen (secondary N) is 2. The van der Waals surface area contributed by atoms with Gasteiger partial charge in [-0.05, 0) is 40.0 Å². The van der Waals surface area contributed by atoms with Gasteiger partial charge in [-0.3, -0.25) is 9.88 Å². The third-order valence-electron chi connectivity index (χ3n) is 3.08. The molecule has 2 N–H and O–H groups in total. The van der Waals surface area contributed by atoms with Gasteiger partial charge >= 0.3 is 5.69 Å². The van der Waals surface area contributed by atoms with Gasteiger partial charge in [0.2, 0.25) is 0 Å². The SMILES string of the molecule is CCCn1c(SCCCC(C)(C#N)NC(C)C)n[nH]c1=O. The molecule has 0 fully saturated rings. The molecular formula is C14H25N5OS. The maximum Gasteiger partial charge on any atom is 0.343 e. The summed E-state index contributed by atoms with van der Waals surface area (Å²) in [5, 5.41) is 19.8. The normalized spacial score (nSPS) is 14.1. The van der Waals surface area contributed by atoms with Crippen molar-refractivity contribution in [1.29, 1.82) is 5.26 Å². The van der Waals surface area contributed by atoms with Crippen LogP contribution in [0.2, 0.25) is 0 Å². The summed E-state index contributed by atoms with van der Waals surface area (Å²) in [6.07, 6.45) is 2.57. The van der Waals surface area contributed by atoms with E-state index in [9.17, 15) is 10.1 Å². The summed E-state index contributed by atoms with van der Waals surface area (Å²) in [7, 11) is 0. The number of H-pyrrole nitrogens is 1. The van der Waals surface area contributed by atoms with Crippen molar-refractivity contribution in [2.45, 2.75) is 70.2 Å². The highest BCUT2D eigenvalue weighted by Gasteiger charge is 2.23. The Kier molecular flexibility index (Phi) is 6.99. The Labute approximate surface area is 130 Å². The summed E-state index contributed by atoms with van der Waals surface area (Å²) in [6, 6.07) is 2.63. The zero-order valence-electron chi connectivity index (χ0n) is 13.3. The lowest BCUT2D eigenvalue weighted by molar-refractivity contribution is 0.380. The van der Waals surface area contributed by atoms with Crippen LogP contribution in [0.4, 0.5) is 0 Å². The molecule has 0 aromatic carbocycles. The van der Waals surface area contributed by atoms with Crippen molar-refractivity contribution < 1.29 is 0 Å². The van der Waals surface area contributed by atoms with E-state index in [1.165, 1.54) is 0 Å². The molecule has 1 atom stereocenters. The fourth-order valence-electron chi connectivity index (χ4n) is 2.22. The largest absolute Gasteiger partial charge is 0.343 e. The highest BCUT2D eigenvalue weighted by molar-refractivity contribution is 7.99. The molecule has 1 aromatic rings. The number of hydrogen-bond donors (Lipinski definition) is 2. The van der Waals surface area contributed by atoms with Crippen LogP contribution in [0.1, 0.15) is 47.0 Å². The molecule has 1 aromatic heterocycles. The van der Waals surface area contributed by atoms with Crippen LogP contribution >= 0.6 is 11.8 Å². The Morgan fingerprint density at radius 1 is 1.57 bits per heavy atom. The average Bonchev–Trinajstić information content (AvgIpc) is 2.76. The number of hydrogen-bond acceptors (Lipinski definition) is 5. The molecule has 0 amide bonds. The van der Waals surface area contributed by atoms with Crippen molar-refractivity contribution in [3.63, 3.8) is 0 Å². The van der Waals surface area contributed by atoms with Crippen LogP contribution in [0, 0.1) is 11.3 Å². The molecule has 7 heteroatoms. The predicted molar refractivity (Wildman–Crippen MR) is 85.4 cm³/mol. The summed E-state index contributed by atoms with van der Waals surface area (Å²) < 4.78 is 1.67. The number of aromatic amines is 1. The van der Waals surface area contributed by atoms with Crippen molar-refractivity contribution in [3.05, 3.63) is 10.5 Å². The van der Waals surface area contributed by atoms with Gasteiger partial charge in [0.15, 0.2) is 5.16 Å². The van der Waals surface area contributed by atoms with Gasteiger partial charge in [-0.2, -0.15) is 5.26 Å². The molecule has 0 saturated carbocycles. The van der Waals surface area contributed by atoms with Crippen molar-refractivity contribution in [1.82, 2.24) is 20.1 Å². The van der Waals surface area contributed by atoms with E-state index in [1.54, 1.807) is 16.3 Å². The number of rotatable bonds is 9. The van der Waals surface area contributed by atoms with E-state index in [1.807, 2.05) is 27.7 Å². The molecule has 6 nitrogen and oxygen atoms in total. The van der Waals surface area contributed by atoms with E-state index >= 15 is 0 Å². The Hall–Kier alpha value is -1.26. The van der Waals surface area contributed by atoms with Gasteiger partial charge in [-0.1, -0.05) is 18.7 Å². The standard InChI is InChI=1S/C14H25N5OS/c1-5-8-19-12(20)17-18-13(19)21-9-6-7-14(4,10-15)16-11(2)3/h11,16H,5-9H2,1-4H3,(H,17,20). The fraction of sp³-hybridized carbons (Fsp3) is 0.786. The topological polar surface area (TPSA) is 86.5 Å². The van der Waals surface area contributed by atoms with E-state index in [0.717, 1.165) is 30.2 Å². The van der Waals surface area contributed by atoms with Crippen LogP contribution in [0.25, 0.3) is 0 Å². The molecule has 0 saturated heterocycles. The molecule has 0 aliphatic rings. The van der Waals surface area contributed by atoms with Crippen molar-refractivity contribution in [2.24, 2.45) is 0 Å². The molecule has 0 bridgehead atoms. The van der Waals surface area contributed by atoms with Gasteiger partial charge in [0, 0.05) is 18.3 Å². The second-order valence-corrected chi connectivity index (χ2v) is 6.72. The Morgan fingerprint density at radius 2 is 2.29 bits per heavy atom. The average molecular weight is 311 g/mol. The number of thioether (sulfide) groups is 1. The molecule has 0 radical (unpaired) electrons. The maximum atomic E-state index is 11.6. The summed E-state index contributed by atoms with van der Waals surface area (Å²) in [5.74, 6) is 0.838. The predicted octanol–water partition coefficient (Wildman–Crippen LogP) is 2.13. The summed E-state index contributed by atoms with van der Waals surface area (Å²) in [4.78, 5) is 11.6. The van der Waals surface area contributed by atoms with Gasteiger partial charge in [0.1, 0.15) is 5.54 Å². The Balaban J connectivity index is 2.47. The smallest absolute Gasteiger partial charge is 0.297 e. The lowest BCUT2D eigenvalue weighted by Gasteiger charge is -2.25. The molecule has 0 aliphatic carbocycles. The molecule has 1 heterocycles. The van der Waals surface area contributed by atoms with Crippen molar-refractivity contribution in [3.8, 4) is 6.07 Å². The lowest BCUT2D eigenvalue weighted by atomic mass is 9.97. The van der Waals surface area contributed by atoms with E-state index in [4.69, 9.17) is 0 Å². The molecule has 21 heavy (non-hydrogen) atoms. The van der Waals surface area contributed by atoms with Gasteiger partial charge in [-0.15, -0.1) is 5.10 Å². The zero-order chi connectivity index (χ0) is 15.9. The molecule has 1 unspecified atom stereocenters. The first-order valence-electron chi connectivity index (χ1n) is 7.39. The van der Waals surface area contributed by atoms with Crippen LogP contribution in [-0.2, 0) is 6.54 Å². The molecule has 118 valence electrons. The maximum absolute atomic E-state index is 11.6. The monoisotopic (exact) mass is 311 g/mol. The molecule has 0 spiro atoms. The molecular weight excluding hydrogens is 286 g/mol. The Bertz CT molecular complexity index is 530. The quantitative estimate of drug-likeness (QED) is 0.539. The van der Waals surface area contributed by atoms with Crippen LogP contribution in [0.3, 0.4) is 0 Å². The minimum atomic E-state index is -0.497. The van der Waals surface area contributed by atoms with E-state index in [-0.39, 0.29) is 11.7 Å². The highest BCUT2D eigenvalue weighted by atomic mass is 32.2. The fourth-order valence-corrected chi connectivity index (χ4v) is 3.13. The van der Waals surface area contributed by atoms with Crippen molar-refractivity contribution >= 4 is 11.8 Å². The minimum absolute atomic E-state index is 0.150. The molecule has 1 rings (SSSR count). The first-order chi connectivity index (χ1) is 9.91. The van der Waals surface area contributed by atoms with Crippen LogP contribution in [-0.4, -0.2) is 32.1 Å². The minimum Gasteiger partial charge on any atom is -0.297 e. The first kappa shape index (κ1) is 17.8. The molecule has 0 aliphatic heterocycles. The van der Waals surface area contributed by atoms with Crippen molar-refractivity contribution in [2.75, 3.05) is 5.75 Å². The van der Waals surface area contributed by atoms with Gasteiger partial charge < -0.3 is 0 Å². The lowest BCUT2D eigenvalue weighted by Crippen LogP contribution is -2.44. The van der Waals surface area contributed by atoms with Crippen LogP contribution in [0.5, 0.6) is 0 Å². The van der Waals surface area contributed by atoms with E-state index < -0.39 is 5.54 Å². The third kappa shape index (κ3) is 5.56.